The molecule has 164 valence electrons. The Hall–Kier alpha value is -2.94. The zero-order valence-electron chi connectivity index (χ0n) is 19.0. The first-order valence-corrected chi connectivity index (χ1v) is 10.7. The summed E-state index contributed by atoms with van der Waals surface area (Å²) >= 11 is 0. The van der Waals surface area contributed by atoms with E-state index >= 15 is 0 Å². The van der Waals surface area contributed by atoms with Gasteiger partial charge in [0.2, 0.25) is 0 Å². The molecule has 0 bridgehead atoms. The van der Waals surface area contributed by atoms with E-state index < -0.39 is 23.1 Å². The van der Waals surface area contributed by atoms with Gasteiger partial charge < -0.3 is 9.80 Å². The van der Waals surface area contributed by atoms with Gasteiger partial charge in [0.15, 0.2) is 0 Å². The minimum Gasteiger partial charge on any atom is -0.341 e. The molecule has 1 aliphatic carbocycles. The summed E-state index contributed by atoms with van der Waals surface area (Å²) in [4.78, 5) is 53.5. The fourth-order valence-corrected chi connectivity index (χ4v) is 5.02. The van der Waals surface area contributed by atoms with E-state index in [1.54, 1.807) is 21.0 Å². The van der Waals surface area contributed by atoms with E-state index in [1.165, 1.54) is 9.80 Å². The summed E-state index contributed by atoms with van der Waals surface area (Å²) < 4.78 is 0. The molecule has 0 radical (unpaired) electrons. The van der Waals surface area contributed by atoms with Crippen molar-refractivity contribution >= 4 is 23.4 Å². The SMILES string of the molecule is CC#Cc1cc(C)c(C2C(=O)CC3(CCN(C(=O)C(=O)N(C)C)CC3)CC2=O)c(C)c1. The van der Waals surface area contributed by atoms with Gasteiger partial charge in [0.1, 0.15) is 17.5 Å². The minimum atomic E-state index is -0.718. The lowest BCUT2D eigenvalue weighted by molar-refractivity contribution is -0.152. The fourth-order valence-electron chi connectivity index (χ4n) is 5.02. The third-order valence-electron chi connectivity index (χ3n) is 6.59. The van der Waals surface area contributed by atoms with Crippen LogP contribution in [0, 0.1) is 31.1 Å². The topological polar surface area (TPSA) is 74.8 Å². The zero-order valence-corrected chi connectivity index (χ0v) is 19.0. The first-order chi connectivity index (χ1) is 14.6. The van der Waals surface area contributed by atoms with Crippen LogP contribution >= 0.6 is 0 Å². The second-order valence-electron chi connectivity index (χ2n) is 9.11. The van der Waals surface area contributed by atoms with Crippen LogP contribution in [0.25, 0.3) is 0 Å². The Balaban J connectivity index is 1.77. The Labute approximate surface area is 184 Å². The summed E-state index contributed by atoms with van der Waals surface area (Å²) in [5.74, 6) is 4.05. The van der Waals surface area contributed by atoms with Crippen LogP contribution < -0.4 is 0 Å². The average Bonchev–Trinajstić information content (AvgIpc) is 2.69. The van der Waals surface area contributed by atoms with E-state index in [-0.39, 0.29) is 11.6 Å². The van der Waals surface area contributed by atoms with Gasteiger partial charge in [-0.3, -0.25) is 19.2 Å². The average molecular weight is 423 g/mol. The lowest BCUT2D eigenvalue weighted by Crippen LogP contribution is -2.51. The van der Waals surface area contributed by atoms with Crippen LogP contribution in [-0.4, -0.2) is 60.4 Å². The van der Waals surface area contributed by atoms with Crippen LogP contribution in [-0.2, 0) is 19.2 Å². The van der Waals surface area contributed by atoms with Crippen molar-refractivity contribution in [2.75, 3.05) is 27.2 Å². The van der Waals surface area contributed by atoms with E-state index in [9.17, 15) is 19.2 Å². The smallest absolute Gasteiger partial charge is 0.312 e. The normalized spacial score (nSPS) is 18.5. The monoisotopic (exact) mass is 422 g/mol. The summed E-state index contributed by atoms with van der Waals surface area (Å²) in [6, 6.07) is 3.88. The Kier molecular flexibility index (Phi) is 6.35. The highest BCUT2D eigenvalue weighted by Gasteiger charge is 2.48. The predicted molar refractivity (Wildman–Crippen MR) is 117 cm³/mol. The largest absolute Gasteiger partial charge is 0.341 e. The molecule has 1 aromatic rings. The summed E-state index contributed by atoms with van der Waals surface area (Å²) in [7, 11) is 3.10. The number of hydrogen-bond donors (Lipinski definition) is 0. The number of carbonyl (C=O) groups excluding carboxylic acids is 4. The van der Waals surface area contributed by atoms with Gasteiger partial charge in [0, 0.05) is 45.6 Å². The van der Waals surface area contributed by atoms with Gasteiger partial charge in [-0.05, 0) is 67.9 Å². The number of aryl methyl sites for hydroxylation is 2. The molecule has 1 aliphatic heterocycles. The molecule has 2 fully saturated rings. The summed E-state index contributed by atoms with van der Waals surface area (Å²) in [6.07, 6.45) is 1.80. The molecule has 1 heterocycles. The zero-order chi connectivity index (χ0) is 22.9. The van der Waals surface area contributed by atoms with Gasteiger partial charge in [-0.2, -0.15) is 0 Å². The number of likely N-dealkylation sites (tertiary alicyclic amines) is 1. The first-order valence-electron chi connectivity index (χ1n) is 10.7. The van der Waals surface area contributed by atoms with Crippen LogP contribution in [0.1, 0.15) is 60.8 Å². The molecule has 1 spiro atoms. The number of nitrogens with zero attached hydrogens (tertiary/aromatic N) is 2. The standard InChI is InChI=1S/C25H30N2O4/c1-6-7-18-12-16(2)21(17(3)13-18)22-19(28)14-25(15-20(22)29)8-10-27(11-9-25)24(31)23(30)26(4)5/h12-13,22H,8-11,14-15H2,1-5H3. The highest BCUT2D eigenvalue weighted by molar-refractivity contribution is 6.34. The molecule has 3 rings (SSSR count). The molecule has 0 aromatic heterocycles. The van der Waals surface area contributed by atoms with E-state index in [2.05, 4.69) is 11.8 Å². The van der Waals surface area contributed by atoms with Gasteiger partial charge in [-0.1, -0.05) is 5.92 Å². The number of ketones is 2. The molecule has 0 unspecified atom stereocenters. The van der Waals surface area contributed by atoms with Crippen LogP contribution in [0.5, 0.6) is 0 Å². The minimum absolute atomic E-state index is 0.0408. The lowest BCUT2D eigenvalue weighted by Gasteiger charge is -2.44. The van der Waals surface area contributed by atoms with E-state index in [0.717, 1.165) is 22.3 Å². The number of benzene rings is 1. The number of likely N-dealkylation sites (N-methyl/N-ethyl adjacent to an activating group) is 1. The number of rotatable bonds is 1. The molecule has 0 atom stereocenters. The molecule has 1 aromatic carbocycles. The maximum absolute atomic E-state index is 13.2. The van der Waals surface area contributed by atoms with Crippen molar-refractivity contribution in [1.29, 1.82) is 0 Å². The number of piperidine rings is 1. The Morgan fingerprint density at radius 2 is 1.55 bits per heavy atom. The molecule has 1 saturated carbocycles. The van der Waals surface area contributed by atoms with Gasteiger partial charge in [-0.25, -0.2) is 0 Å². The molecule has 0 N–H and O–H groups in total. The number of Topliss-reactive ketones (excluding diaryl/α,β-unsaturated/α-hetero) is 2. The van der Waals surface area contributed by atoms with Crippen molar-refractivity contribution in [3.05, 3.63) is 34.4 Å². The Bertz CT molecular complexity index is 961. The van der Waals surface area contributed by atoms with Crippen LogP contribution in [0.2, 0.25) is 0 Å². The van der Waals surface area contributed by atoms with Gasteiger partial charge in [-0.15, -0.1) is 5.92 Å². The van der Waals surface area contributed by atoms with Crippen molar-refractivity contribution in [2.24, 2.45) is 5.41 Å². The van der Waals surface area contributed by atoms with Crippen LogP contribution in [0.3, 0.4) is 0 Å². The molecule has 1 saturated heterocycles. The molecular formula is C25H30N2O4. The molecule has 2 amide bonds. The first kappa shape index (κ1) is 22.7. The maximum atomic E-state index is 13.2. The summed E-state index contributed by atoms with van der Waals surface area (Å²) in [5.41, 5.74) is 3.14. The second kappa shape index (κ2) is 8.66. The maximum Gasteiger partial charge on any atom is 0.312 e. The van der Waals surface area contributed by atoms with Crippen LogP contribution in [0.4, 0.5) is 0 Å². The molecule has 2 aliphatic rings. The third-order valence-corrected chi connectivity index (χ3v) is 6.59. The lowest BCUT2D eigenvalue weighted by atomic mass is 9.62. The predicted octanol–water partition coefficient (Wildman–Crippen LogP) is 2.39. The second-order valence-corrected chi connectivity index (χ2v) is 9.11. The van der Waals surface area contributed by atoms with Crippen molar-refractivity contribution in [1.82, 2.24) is 9.80 Å². The molecule has 31 heavy (non-hydrogen) atoms. The number of carbonyl (C=O) groups is 4. The molecular weight excluding hydrogens is 392 g/mol. The molecule has 6 heteroatoms. The summed E-state index contributed by atoms with van der Waals surface area (Å²) in [5, 5.41) is 0. The van der Waals surface area contributed by atoms with Crippen molar-refractivity contribution in [3.8, 4) is 11.8 Å². The van der Waals surface area contributed by atoms with Gasteiger partial charge >= 0.3 is 11.8 Å². The van der Waals surface area contributed by atoms with Gasteiger partial charge in [0.05, 0.1) is 0 Å². The van der Waals surface area contributed by atoms with E-state index in [4.69, 9.17) is 0 Å². The number of hydrogen-bond acceptors (Lipinski definition) is 4. The van der Waals surface area contributed by atoms with Crippen molar-refractivity contribution in [2.45, 2.75) is 52.4 Å². The Morgan fingerprint density at radius 3 is 2.00 bits per heavy atom. The molecule has 6 nitrogen and oxygen atoms in total. The highest BCUT2D eigenvalue weighted by Crippen LogP contribution is 2.46. The van der Waals surface area contributed by atoms with Crippen molar-refractivity contribution in [3.63, 3.8) is 0 Å². The van der Waals surface area contributed by atoms with Crippen molar-refractivity contribution < 1.29 is 19.2 Å². The third kappa shape index (κ3) is 4.41. The fraction of sp³-hybridized carbons (Fsp3) is 0.520. The Morgan fingerprint density at radius 1 is 1.03 bits per heavy atom. The number of amides is 2. The van der Waals surface area contributed by atoms with E-state index in [0.29, 0.717) is 38.8 Å². The van der Waals surface area contributed by atoms with E-state index in [1.807, 2.05) is 26.0 Å². The van der Waals surface area contributed by atoms with Gasteiger partial charge in [0.25, 0.3) is 0 Å². The highest BCUT2D eigenvalue weighted by atomic mass is 16.2. The quantitative estimate of drug-likeness (QED) is 0.396. The summed E-state index contributed by atoms with van der Waals surface area (Å²) in [6.45, 7) is 6.43. The van der Waals surface area contributed by atoms with Crippen LogP contribution in [0.15, 0.2) is 12.1 Å².